The number of fused-ring (bicyclic) bond motifs is 1. The van der Waals surface area contributed by atoms with E-state index in [2.05, 4.69) is 10.3 Å². The Morgan fingerprint density at radius 2 is 2.10 bits per heavy atom. The summed E-state index contributed by atoms with van der Waals surface area (Å²) in [5.41, 5.74) is 0.769. The lowest BCUT2D eigenvalue weighted by Crippen LogP contribution is -2.28. The minimum absolute atomic E-state index is 0.0128. The van der Waals surface area contributed by atoms with Gasteiger partial charge < -0.3 is 10.1 Å². The first-order valence-electron chi connectivity index (χ1n) is 6.58. The largest absolute Gasteiger partial charge is 0.481 e. The van der Waals surface area contributed by atoms with Gasteiger partial charge >= 0.3 is 0 Å². The van der Waals surface area contributed by atoms with Crippen LogP contribution in [0, 0.1) is 0 Å². The Morgan fingerprint density at radius 1 is 1.19 bits per heavy atom. The first kappa shape index (κ1) is 13.6. The summed E-state index contributed by atoms with van der Waals surface area (Å²) in [4.78, 5) is 17.2. The van der Waals surface area contributed by atoms with E-state index in [1.165, 1.54) is 0 Å². The third-order valence-electron chi connectivity index (χ3n) is 2.99. The second-order valence-corrected chi connectivity index (χ2v) is 5.51. The van der Waals surface area contributed by atoms with Gasteiger partial charge in [-0.05, 0) is 23.6 Å². The molecule has 3 rings (SSSR count). The molecule has 5 heteroatoms. The SMILES string of the molecule is O=C(COc1cccc2cccnc12)NCc1cccs1. The van der Waals surface area contributed by atoms with Gasteiger partial charge in [0.1, 0.15) is 11.3 Å². The molecule has 0 saturated heterocycles. The fourth-order valence-electron chi connectivity index (χ4n) is 1.99. The minimum Gasteiger partial charge on any atom is -0.481 e. The van der Waals surface area contributed by atoms with E-state index < -0.39 is 0 Å². The van der Waals surface area contributed by atoms with Gasteiger partial charge in [-0.3, -0.25) is 9.78 Å². The zero-order valence-electron chi connectivity index (χ0n) is 11.3. The number of nitrogens with one attached hydrogen (secondary N) is 1. The molecule has 0 saturated carbocycles. The number of para-hydroxylation sites is 1. The van der Waals surface area contributed by atoms with Gasteiger partial charge in [-0.25, -0.2) is 0 Å². The molecule has 2 heterocycles. The molecule has 4 nitrogen and oxygen atoms in total. The number of pyridine rings is 1. The first-order valence-corrected chi connectivity index (χ1v) is 7.46. The van der Waals surface area contributed by atoms with Crippen molar-refractivity contribution in [2.45, 2.75) is 6.54 Å². The van der Waals surface area contributed by atoms with Crippen molar-refractivity contribution in [1.29, 1.82) is 0 Å². The van der Waals surface area contributed by atoms with E-state index >= 15 is 0 Å². The number of carbonyl (C=O) groups is 1. The van der Waals surface area contributed by atoms with E-state index in [0.29, 0.717) is 12.3 Å². The summed E-state index contributed by atoms with van der Waals surface area (Å²) >= 11 is 1.62. The standard InChI is InChI=1S/C16H14N2O2S/c19-15(18-10-13-6-3-9-21-13)11-20-14-7-1-4-12-5-2-8-17-16(12)14/h1-9H,10-11H2,(H,18,19). The van der Waals surface area contributed by atoms with E-state index in [4.69, 9.17) is 4.74 Å². The van der Waals surface area contributed by atoms with E-state index in [1.807, 2.05) is 47.8 Å². The van der Waals surface area contributed by atoms with Crippen molar-refractivity contribution in [3.05, 3.63) is 58.9 Å². The van der Waals surface area contributed by atoms with Crippen LogP contribution in [0.1, 0.15) is 4.88 Å². The number of thiophene rings is 1. The molecule has 2 aromatic heterocycles. The van der Waals surface area contributed by atoms with E-state index in [0.717, 1.165) is 15.8 Å². The molecule has 0 spiro atoms. The number of nitrogens with zero attached hydrogens (tertiary/aromatic N) is 1. The number of benzene rings is 1. The molecular weight excluding hydrogens is 284 g/mol. The molecule has 0 aliphatic carbocycles. The predicted molar refractivity (Wildman–Crippen MR) is 83.4 cm³/mol. The number of carbonyl (C=O) groups excluding carboxylic acids is 1. The Labute approximate surface area is 126 Å². The van der Waals surface area contributed by atoms with Gasteiger partial charge in [-0.2, -0.15) is 0 Å². The van der Waals surface area contributed by atoms with Crippen molar-refractivity contribution >= 4 is 28.1 Å². The lowest BCUT2D eigenvalue weighted by Gasteiger charge is -2.08. The molecule has 106 valence electrons. The second-order valence-electron chi connectivity index (χ2n) is 4.48. The van der Waals surface area contributed by atoms with Crippen molar-refractivity contribution in [2.24, 2.45) is 0 Å². The van der Waals surface area contributed by atoms with Crippen LogP contribution in [0.2, 0.25) is 0 Å². The maximum Gasteiger partial charge on any atom is 0.258 e. The highest BCUT2D eigenvalue weighted by atomic mass is 32.1. The number of aromatic nitrogens is 1. The van der Waals surface area contributed by atoms with E-state index in [9.17, 15) is 4.79 Å². The average molecular weight is 298 g/mol. The maximum atomic E-state index is 11.8. The summed E-state index contributed by atoms with van der Waals surface area (Å²) in [6.07, 6.45) is 1.71. The Kier molecular flexibility index (Phi) is 4.12. The van der Waals surface area contributed by atoms with Gasteiger partial charge in [0.15, 0.2) is 6.61 Å². The number of rotatable bonds is 5. The Bertz CT molecular complexity index is 736. The second kappa shape index (κ2) is 6.37. The molecule has 0 atom stereocenters. The fourth-order valence-corrected chi connectivity index (χ4v) is 2.63. The van der Waals surface area contributed by atoms with Crippen LogP contribution in [0.4, 0.5) is 0 Å². The zero-order valence-corrected chi connectivity index (χ0v) is 12.1. The summed E-state index contributed by atoms with van der Waals surface area (Å²) in [6, 6.07) is 13.5. The number of ether oxygens (including phenoxy) is 1. The van der Waals surface area contributed by atoms with Gasteiger partial charge in [0.25, 0.3) is 5.91 Å². The fraction of sp³-hybridized carbons (Fsp3) is 0.125. The molecule has 1 N–H and O–H groups in total. The molecule has 21 heavy (non-hydrogen) atoms. The summed E-state index contributed by atoms with van der Waals surface area (Å²) in [5.74, 6) is 0.482. The number of hydrogen-bond donors (Lipinski definition) is 1. The molecule has 0 bridgehead atoms. The predicted octanol–water partition coefficient (Wildman–Crippen LogP) is 2.99. The van der Waals surface area contributed by atoms with Crippen LogP contribution in [0.15, 0.2) is 54.0 Å². The Balaban J connectivity index is 1.60. The minimum atomic E-state index is -0.142. The molecule has 0 aliphatic heterocycles. The van der Waals surface area contributed by atoms with E-state index in [1.54, 1.807) is 17.5 Å². The smallest absolute Gasteiger partial charge is 0.258 e. The van der Waals surface area contributed by atoms with Gasteiger partial charge in [-0.15, -0.1) is 11.3 Å². The Morgan fingerprint density at radius 3 is 2.95 bits per heavy atom. The van der Waals surface area contributed by atoms with Crippen LogP contribution < -0.4 is 10.1 Å². The summed E-state index contributed by atoms with van der Waals surface area (Å²) < 4.78 is 5.58. The van der Waals surface area contributed by atoms with Gasteiger partial charge in [0.2, 0.25) is 0 Å². The third-order valence-corrected chi connectivity index (χ3v) is 3.87. The number of amides is 1. The summed E-state index contributed by atoms with van der Waals surface area (Å²) in [7, 11) is 0. The molecule has 0 fully saturated rings. The van der Waals surface area contributed by atoms with Crippen molar-refractivity contribution in [1.82, 2.24) is 10.3 Å². The monoisotopic (exact) mass is 298 g/mol. The topological polar surface area (TPSA) is 51.2 Å². The first-order chi connectivity index (χ1) is 10.3. The van der Waals surface area contributed by atoms with Crippen LogP contribution in [0.3, 0.4) is 0 Å². The van der Waals surface area contributed by atoms with Crippen LogP contribution in [-0.4, -0.2) is 17.5 Å². The molecular formula is C16H14N2O2S. The Hall–Kier alpha value is -2.40. The zero-order chi connectivity index (χ0) is 14.5. The molecule has 0 unspecified atom stereocenters. The van der Waals surface area contributed by atoms with Crippen LogP contribution in [0.25, 0.3) is 10.9 Å². The molecule has 0 aliphatic rings. The highest BCUT2D eigenvalue weighted by molar-refractivity contribution is 7.09. The van der Waals surface area contributed by atoms with Crippen LogP contribution in [0.5, 0.6) is 5.75 Å². The lowest BCUT2D eigenvalue weighted by atomic mass is 10.2. The average Bonchev–Trinajstić information content (AvgIpc) is 3.04. The van der Waals surface area contributed by atoms with Crippen molar-refractivity contribution in [3.63, 3.8) is 0 Å². The quantitative estimate of drug-likeness (QED) is 0.788. The summed E-state index contributed by atoms with van der Waals surface area (Å²) in [5, 5.41) is 5.81. The lowest BCUT2D eigenvalue weighted by molar-refractivity contribution is -0.123. The van der Waals surface area contributed by atoms with E-state index in [-0.39, 0.29) is 12.5 Å². The van der Waals surface area contributed by atoms with Crippen molar-refractivity contribution < 1.29 is 9.53 Å². The van der Waals surface area contributed by atoms with Gasteiger partial charge in [-0.1, -0.05) is 24.3 Å². The van der Waals surface area contributed by atoms with Gasteiger partial charge in [0, 0.05) is 16.5 Å². The highest BCUT2D eigenvalue weighted by Gasteiger charge is 2.06. The molecule has 1 amide bonds. The molecule has 0 radical (unpaired) electrons. The van der Waals surface area contributed by atoms with Crippen LogP contribution >= 0.6 is 11.3 Å². The van der Waals surface area contributed by atoms with Crippen molar-refractivity contribution in [2.75, 3.05) is 6.61 Å². The molecule has 1 aromatic carbocycles. The molecule has 3 aromatic rings. The summed E-state index contributed by atoms with van der Waals surface area (Å²) in [6.45, 7) is 0.523. The highest BCUT2D eigenvalue weighted by Crippen LogP contribution is 2.22. The third kappa shape index (κ3) is 3.38. The van der Waals surface area contributed by atoms with Crippen molar-refractivity contribution in [3.8, 4) is 5.75 Å². The number of hydrogen-bond acceptors (Lipinski definition) is 4. The van der Waals surface area contributed by atoms with Crippen LogP contribution in [-0.2, 0) is 11.3 Å². The van der Waals surface area contributed by atoms with Gasteiger partial charge in [0.05, 0.1) is 6.54 Å². The maximum absolute atomic E-state index is 11.8. The normalized spacial score (nSPS) is 10.5.